The number of methoxy groups -OCH3 is 1. The van der Waals surface area contributed by atoms with Gasteiger partial charge in [0.05, 0.1) is 23.4 Å². The number of nitrogens with zero attached hydrogens (tertiary/aromatic N) is 2. The highest BCUT2D eigenvalue weighted by Crippen LogP contribution is 2.43. The van der Waals surface area contributed by atoms with Crippen molar-refractivity contribution >= 4 is 39.0 Å². The third-order valence-corrected chi connectivity index (χ3v) is 8.85. The average molecular weight is 596 g/mol. The molecule has 5 nitrogen and oxygen atoms in total. The van der Waals surface area contributed by atoms with Crippen LogP contribution >= 0.6 is 27.3 Å². The van der Waals surface area contributed by atoms with E-state index in [1.54, 1.807) is 7.11 Å². The molecule has 0 saturated heterocycles. The van der Waals surface area contributed by atoms with Crippen LogP contribution in [0.15, 0.2) is 109 Å². The van der Waals surface area contributed by atoms with Gasteiger partial charge in [-0.2, -0.15) is 0 Å². The lowest BCUT2D eigenvalue weighted by Gasteiger charge is -2.31. The van der Waals surface area contributed by atoms with E-state index in [9.17, 15) is 4.79 Å². The number of thiazole rings is 1. The fraction of sp³-hybridized carbons (Fsp3) is 0.125. The Kier molecular flexibility index (Phi) is 5.98. The lowest BCUT2D eigenvalue weighted by Crippen LogP contribution is -2.38. The lowest BCUT2D eigenvalue weighted by molar-refractivity contribution is 0.402. The third kappa shape index (κ3) is 4.13. The monoisotopic (exact) mass is 594 g/mol. The molecule has 0 saturated carbocycles. The van der Waals surface area contributed by atoms with Gasteiger partial charge < -0.3 is 9.15 Å². The van der Waals surface area contributed by atoms with Gasteiger partial charge in [-0.05, 0) is 54.3 Å². The zero-order valence-electron chi connectivity index (χ0n) is 21.1. The van der Waals surface area contributed by atoms with Crippen molar-refractivity contribution in [3.05, 3.63) is 137 Å². The number of rotatable bonds is 4. The molecule has 1 atom stereocenters. The number of para-hydroxylation sites is 1. The Labute approximate surface area is 237 Å². The first-order valence-corrected chi connectivity index (χ1v) is 14.3. The van der Waals surface area contributed by atoms with E-state index in [0.29, 0.717) is 15.1 Å². The van der Waals surface area contributed by atoms with Crippen LogP contribution < -0.4 is 19.6 Å². The Morgan fingerprint density at radius 2 is 1.79 bits per heavy atom. The molecule has 3 aromatic carbocycles. The number of furan rings is 1. The summed E-state index contributed by atoms with van der Waals surface area (Å²) in [5, 5.41) is 0. The number of aromatic nitrogens is 1. The van der Waals surface area contributed by atoms with Gasteiger partial charge in [-0.25, -0.2) is 4.99 Å². The van der Waals surface area contributed by atoms with E-state index >= 15 is 0 Å². The van der Waals surface area contributed by atoms with Gasteiger partial charge in [0.15, 0.2) is 4.80 Å². The zero-order chi connectivity index (χ0) is 26.5. The van der Waals surface area contributed by atoms with E-state index in [0.717, 1.165) is 56.8 Å². The fourth-order valence-electron chi connectivity index (χ4n) is 5.52. The predicted molar refractivity (Wildman–Crippen MR) is 158 cm³/mol. The van der Waals surface area contributed by atoms with E-state index in [2.05, 4.69) is 40.2 Å². The number of ether oxygens (including phenoxy) is 1. The summed E-state index contributed by atoms with van der Waals surface area (Å²) in [4.78, 5) is 19.8. The molecule has 0 N–H and O–H groups in total. The number of aryl methyl sites for hydroxylation is 1. The van der Waals surface area contributed by atoms with E-state index in [-0.39, 0.29) is 11.6 Å². The number of hydrogen-bond donors (Lipinski definition) is 0. The molecule has 2 aromatic heterocycles. The summed E-state index contributed by atoms with van der Waals surface area (Å²) in [6.45, 7) is 0. The molecule has 0 spiro atoms. The summed E-state index contributed by atoms with van der Waals surface area (Å²) >= 11 is 4.87. The normalized spacial score (nSPS) is 16.4. The van der Waals surface area contributed by atoms with Gasteiger partial charge in [0.1, 0.15) is 17.3 Å². The maximum Gasteiger partial charge on any atom is 0.271 e. The molecule has 39 heavy (non-hydrogen) atoms. The van der Waals surface area contributed by atoms with Crippen molar-refractivity contribution in [2.45, 2.75) is 18.9 Å². The van der Waals surface area contributed by atoms with Crippen LogP contribution in [0.5, 0.6) is 5.75 Å². The molecule has 0 fully saturated rings. The summed E-state index contributed by atoms with van der Waals surface area (Å²) in [7, 11) is 1.67. The van der Waals surface area contributed by atoms with E-state index < -0.39 is 0 Å². The predicted octanol–water partition coefficient (Wildman–Crippen LogP) is 6.35. The van der Waals surface area contributed by atoms with E-state index in [1.165, 1.54) is 16.9 Å². The topological polar surface area (TPSA) is 56.7 Å². The molecule has 192 valence electrons. The fourth-order valence-corrected chi connectivity index (χ4v) is 6.77. The molecule has 0 radical (unpaired) electrons. The second-order valence-electron chi connectivity index (χ2n) is 9.56. The minimum absolute atomic E-state index is 0.0818. The highest BCUT2D eigenvalue weighted by Gasteiger charge is 2.34. The molecule has 2 aliphatic rings. The Balaban J connectivity index is 1.42. The quantitative estimate of drug-likeness (QED) is 0.243. The highest BCUT2D eigenvalue weighted by molar-refractivity contribution is 9.10. The van der Waals surface area contributed by atoms with Crippen molar-refractivity contribution in [3.63, 3.8) is 0 Å². The largest absolute Gasteiger partial charge is 0.496 e. The molecular weight excluding hydrogens is 572 g/mol. The first-order chi connectivity index (χ1) is 19.1. The van der Waals surface area contributed by atoms with Crippen LogP contribution in [0.2, 0.25) is 0 Å². The highest BCUT2D eigenvalue weighted by atomic mass is 79.9. The van der Waals surface area contributed by atoms with Crippen LogP contribution in [0.1, 0.15) is 34.9 Å². The van der Waals surface area contributed by atoms with Gasteiger partial charge >= 0.3 is 0 Å². The van der Waals surface area contributed by atoms with Crippen molar-refractivity contribution in [1.29, 1.82) is 0 Å². The van der Waals surface area contributed by atoms with Crippen molar-refractivity contribution in [2.24, 2.45) is 4.99 Å². The SMILES string of the molecule is COc1ccccc1[C@@H]1C2=C(N=c3s/c(=C\c4ccc(-c5ccc(Br)cc5)o4)c(=O)n31)c1ccccc1CC2. The lowest BCUT2D eigenvalue weighted by atomic mass is 9.83. The zero-order valence-corrected chi connectivity index (χ0v) is 23.5. The molecule has 3 heterocycles. The Hall–Kier alpha value is -3.94. The summed E-state index contributed by atoms with van der Waals surface area (Å²) < 4.78 is 15.3. The standard InChI is InChI=1S/C32H23BrN2O3S/c1-37-27-9-5-4-8-24(27)30-25-16-12-19-6-2-3-7-23(19)29(25)34-32-35(30)31(36)28(39-32)18-22-15-17-26(38-22)20-10-13-21(33)14-11-20/h2-11,13-15,17-18,30H,12,16H2,1H3/b28-18-/t30-/m1/s1. The number of allylic oxidation sites excluding steroid dienone is 1. The smallest absolute Gasteiger partial charge is 0.271 e. The molecule has 5 aromatic rings. The van der Waals surface area contributed by atoms with Crippen LogP contribution in [0, 0.1) is 0 Å². The van der Waals surface area contributed by atoms with E-state index in [4.69, 9.17) is 14.1 Å². The van der Waals surface area contributed by atoms with Gasteiger partial charge in [0.25, 0.3) is 5.56 Å². The molecule has 0 amide bonds. The molecule has 1 aliphatic carbocycles. The maximum atomic E-state index is 14.0. The second-order valence-corrected chi connectivity index (χ2v) is 11.5. The van der Waals surface area contributed by atoms with Crippen molar-refractivity contribution in [1.82, 2.24) is 4.57 Å². The summed E-state index contributed by atoms with van der Waals surface area (Å²) in [5.41, 5.74) is 6.40. The van der Waals surface area contributed by atoms with Crippen LogP contribution in [-0.4, -0.2) is 11.7 Å². The van der Waals surface area contributed by atoms with Crippen molar-refractivity contribution in [3.8, 4) is 17.1 Å². The number of halogens is 1. The second kappa shape index (κ2) is 9.67. The Bertz CT molecular complexity index is 1950. The molecular formula is C32H23BrN2O3S. The molecule has 7 heteroatoms. The van der Waals surface area contributed by atoms with Gasteiger partial charge in [-0.3, -0.25) is 9.36 Å². The number of benzene rings is 3. The number of hydrogen-bond acceptors (Lipinski definition) is 5. The minimum Gasteiger partial charge on any atom is -0.496 e. The summed E-state index contributed by atoms with van der Waals surface area (Å²) in [6.07, 6.45) is 3.56. The van der Waals surface area contributed by atoms with Gasteiger partial charge in [0, 0.05) is 27.2 Å². The van der Waals surface area contributed by atoms with Crippen LogP contribution in [-0.2, 0) is 6.42 Å². The first kappa shape index (κ1) is 24.1. The van der Waals surface area contributed by atoms with Crippen LogP contribution in [0.3, 0.4) is 0 Å². The maximum absolute atomic E-state index is 14.0. The third-order valence-electron chi connectivity index (χ3n) is 7.34. The van der Waals surface area contributed by atoms with E-state index in [1.807, 2.05) is 71.3 Å². The molecule has 1 aliphatic heterocycles. The van der Waals surface area contributed by atoms with Crippen molar-refractivity contribution < 1.29 is 9.15 Å². The van der Waals surface area contributed by atoms with Gasteiger partial charge in [-0.15, -0.1) is 0 Å². The summed E-state index contributed by atoms with van der Waals surface area (Å²) in [6, 6.07) is 27.9. The first-order valence-electron chi connectivity index (χ1n) is 12.7. The van der Waals surface area contributed by atoms with Gasteiger partial charge in [-0.1, -0.05) is 81.9 Å². The summed E-state index contributed by atoms with van der Waals surface area (Å²) in [5.74, 6) is 2.14. The van der Waals surface area contributed by atoms with Crippen LogP contribution in [0.25, 0.3) is 23.1 Å². The minimum atomic E-state index is -0.294. The Morgan fingerprint density at radius 3 is 2.64 bits per heavy atom. The Morgan fingerprint density at radius 1 is 1.00 bits per heavy atom. The van der Waals surface area contributed by atoms with Gasteiger partial charge in [0.2, 0.25) is 0 Å². The number of fused-ring (bicyclic) bond motifs is 3. The van der Waals surface area contributed by atoms with Crippen molar-refractivity contribution in [2.75, 3.05) is 7.11 Å². The molecule has 0 bridgehead atoms. The average Bonchev–Trinajstić information content (AvgIpc) is 3.56. The molecule has 7 rings (SSSR count). The molecule has 0 unspecified atom stereocenters. The van der Waals surface area contributed by atoms with Crippen LogP contribution in [0.4, 0.5) is 0 Å².